The van der Waals surface area contributed by atoms with Crippen molar-refractivity contribution in [3.05, 3.63) is 34.1 Å². The Balaban J connectivity index is 2.45. The zero-order chi connectivity index (χ0) is 10.8. The molecule has 1 atom stereocenters. The summed E-state index contributed by atoms with van der Waals surface area (Å²) >= 11 is 7.87. The summed E-state index contributed by atoms with van der Waals surface area (Å²) < 4.78 is 13.7. The number of rotatable bonds is 2. The van der Waals surface area contributed by atoms with Crippen LogP contribution in [0.15, 0.2) is 12.1 Å². The Labute approximate surface area is 98.4 Å². The van der Waals surface area contributed by atoms with Crippen LogP contribution < -0.4 is 5.32 Å². The monoisotopic (exact) mass is 245 g/mol. The van der Waals surface area contributed by atoms with Crippen LogP contribution in [-0.4, -0.2) is 12.3 Å². The van der Waals surface area contributed by atoms with E-state index in [9.17, 15) is 4.39 Å². The van der Waals surface area contributed by atoms with Crippen LogP contribution in [0.5, 0.6) is 0 Å². The third kappa shape index (κ3) is 2.14. The Morgan fingerprint density at radius 2 is 2.40 bits per heavy atom. The maximum absolute atomic E-state index is 13.7. The van der Waals surface area contributed by atoms with Gasteiger partial charge in [0.2, 0.25) is 0 Å². The van der Waals surface area contributed by atoms with Gasteiger partial charge in [-0.05, 0) is 24.2 Å². The summed E-state index contributed by atoms with van der Waals surface area (Å²) in [5, 5.41) is 3.97. The lowest BCUT2D eigenvalue weighted by atomic mass is 10.0. The van der Waals surface area contributed by atoms with Crippen LogP contribution in [0.1, 0.15) is 24.1 Å². The van der Waals surface area contributed by atoms with Gasteiger partial charge in [0.1, 0.15) is 5.82 Å². The molecule has 1 nitrogen and oxygen atoms in total. The van der Waals surface area contributed by atoms with E-state index in [1.165, 1.54) is 6.07 Å². The highest BCUT2D eigenvalue weighted by molar-refractivity contribution is 7.98. The molecule has 15 heavy (non-hydrogen) atoms. The molecule has 0 radical (unpaired) electrons. The molecular formula is C11H13ClFNS. The predicted molar refractivity (Wildman–Crippen MR) is 64.0 cm³/mol. The summed E-state index contributed by atoms with van der Waals surface area (Å²) in [5.41, 5.74) is 1.72. The highest BCUT2D eigenvalue weighted by Crippen LogP contribution is 2.37. The number of benzene rings is 1. The number of hydrogen-bond donors (Lipinski definition) is 1. The van der Waals surface area contributed by atoms with Crippen molar-refractivity contribution in [1.29, 1.82) is 0 Å². The standard InChI is InChI=1S/C11H13ClFNS/c1-2-14-10-6-15-5-7-8(12)3-4-9(13)11(7)10/h3-4,10,14H,2,5-6H2,1H3. The van der Waals surface area contributed by atoms with Gasteiger partial charge < -0.3 is 5.32 Å². The zero-order valence-electron chi connectivity index (χ0n) is 8.52. The first-order valence-electron chi connectivity index (χ1n) is 5.02. The second-order valence-corrected chi connectivity index (χ2v) is 4.98. The van der Waals surface area contributed by atoms with E-state index >= 15 is 0 Å². The summed E-state index contributed by atoms with van der Waals surface area (Å²) in [6.07, 6.45) is 0. The molecule has 1 unspecified atom stereocenters. The largest absolute Gasteiger partial charge is 0.309 e. The van der Waals surface area contributed by atoms with Gasteiger partial charge in [0.05, 0.1) is 0 Å². The average Bonchev–Trinajstić information content (AvgIpc) is 2.24. The zero-order valence-corrected chi connectivity index (χ0v) is 10.1. The van der Waals surface area contributed by atoms with Gasteiger partial charge in [0.15, 0.2) is 0 Å². The summed E-state index contributed by atoms with van der Waals surface area (Å²) in [4.78, 5) is 0. The SMILES string of the molecule is CCNC1CSCc2c(Cl)ccc(F)c21. The van der Waals surface area contributed by atoms with Crippen LogP contribution in [0.3, 0.4) is 0 Å². The first kappa shape index (κ1) is 11.2. The van der Waals surface area contributed by atoms with Crippen molar-refractivity contribution in [2.45, 2.75) is 18.7 Å². The third-order valence-electron chi connectivity index (χ3n) is 2.58. The molecule has 0 saturated heterocycles. The number of halogens is 2. The molecule has 1 heterocycles. The predicted octanol–water partition coefficient (Wildman–Crippen LogP) is 3.38. The van der Waals surface area contributed by atoms with Crippen molar-refractivity contribution in [1.82, 2.24) is 5.32 Å². The molecule has 1 aliphatic heterocycles. The minimum Gasteiger partial charge on any atom is -0.309 e. The normalized spacial score (nSPS) is 20.1. The molecule has 0 fully saturated rings. The smallest absolute Gasteiger partial charge is 0.128 e. The van der Waals surface area contributed by atoms with Crippen molar-refractivity contribution >= 4 is 23.4 Å². The van der Waals surface area contributed by atoms with Gasteiger partial charge in [0, 0.05) is 28.1 Å². The van der Waals surface area contributed by atoms with E-state index in [2.05, 4.69) is 5.32 Å². The van der Waals surface area contributed by atoms with Gasteiger partial charge in [-0.1, -0.05) is 18.5 Å². The second-order valence-electron chi connectivity index (χ2n) is 3.55. The maximum atomic E-state index is 13.7. The lowest BCUT2D eigenvalue weighted by molar-refractivity contribution is 0.538. The van der Waals surface area contributed by atoms with Crippen molar-refractivity contribution in [3.8, 4) is 0 Å². The summed E-state index contributed by atoms with van der Waals surface area (Å²) in [5.74, 6) is 1.59. The van der Waals surface area contributed by atoms with E-state index in [0.717, 1.165) is 29.2 Å². The maximum Gasteiger partial charge on any atom is 0.128 e. The van der Waals surface area contributed by atoms with Gasteiger partial charge in [-0.15, -0.1) is 0 Å². The minimum absolute atomic E-state index is 0.0995. The number of fused-ring (bicyclic) bond motifs is 1. The number of hydrogen-bond acceptors (Lipinski definition) is 2. The highest BCUT2D eigenvalue weighted by atomic mass is 35.5. The molecule has 1 aromatic carbocycles. The Morgan fingerprint density at radius 1 is 1.60 bits per heavy atom. The van der Waals surface area contributed by atoms with Gasteiger partial charge >= 0.3 is 0 Å². The van der Waals surface area contributed by atoms with Gasteiger partial charge in [0.25, 0.3) is 0 Å². The van der Waals surface area contributed by atoms with Crippen molar-refractivity contribution in [2.24, 2.45) is 0 Å². The Hall–Kier alpha value is -0.250. The number of nitrogens with one attached hydrogen (secondary N) is 1. The summed E-state index contributed by atoms with van der Waals surface area (Å²) in [7, 11) is 0. The molecule has 0 aromatic heterocycles. The second kappa shape index (κ2) is 4.73. The Kier molecular flexibility index (Phi) is 3.54. The van der Waals surface area contributed by atoms with E-state index < -0.39 is 0 Å². The lowest BCUT2D eigenvalue weighted by Crippen LogP contribution is -2.27. The highest BCUT2D eigenvalue weighted by Gasteiger charge is 2.24. The lowest BCUT2D eigenvalue weighted by Gasteiger charge is -2.26. The fourth-order valence-corrected chi connectivity index (χ4v) is 3.37. The first-order valence-corrected chi connectivity index (χ1v) is 6.55. The van der Waals surface area contributed by atoms with E-state index in [1.54, 1.807) is 17.8 Å². The molecule has 0 spiro atoms. The Morgan fingerprint density at radius 3 is 3.13 bits per heavy atom. The minimum atomic E-state index is -0.138. The molecule has 82 valence electrons. The van der Waals surface area contributed by atoms with Crippen LogP contribution in [0.2, 0.25) is 5.02 Å². The molecule has 1 aromatic rings. The Bertz CT molecular complexity index is 370. The summed E-state index contributed by atoms with van der Waals surface area (Å²) in [6.45, 7) is 2.87. The van der Waals surface area contributed by atoms with Crippen LogP contribution in [-0.2, 0) is 5.75 Å². The van der Waals surface area contributed by atoms with Gasteiger partial charge in [-0.2, -0.15) is 11.8 Å². The van der Waals surface area contributed by atoms with Crippen LogP contribution in [0.4, 0.5) is 4.39 Å². The molecule has 2 rings (SSSR count). The van der Waals surface area contributed by atoms with Crippen molar-refractivity contribution < 1.29 is 4.39 Å². The molecular weight excluding hydrogens is 233 g/mol. The van der Waals surface area contributed by atoms with Crippen LogP contribution in [0, 0.1) is 5.82 Å². The van der Waals surface area contributed by atoms with Gasteiger partial charge in [-0.25, -0.2) is 4.39 Å². The number of thioether (sulfide) groups is 1. The van der Waals surface area contributed by atoms with E-state index in [0.29, 0.717) is 5.02 Å². The molecule has 0 bridgehead atoms. The van der Waals surface area contributed by atoms with E-state index in [1.807, 2.05) is 6.92 Å². The molecule has 1 N–H and O–H groups in total. The fraction of sp³-hybridized carbons (Fsp3) is 0.455. The van der Waals surface area contributed by atoms with E-state index in [-0.39, 0.29) is 11.9 Å². The van der Waals surface area contributed by atoms with Crippen LogP contribution in [0.25, 0.3) is 0 Å². The fourth-order valence-electron chi connectivity index (χ4n) is 1.90. The average molecular weight is 246 g/mol. The molecule has 4 heteroatoms. The molecule has 1 aliphatic rings. The van der Waals surface area contributed by atoms with Gasteiger partial charge in [-0.3, -0.25) is 0 Å². The first-order chi connectivity index (χ1) is 7.24. The quantitative estimate of drug-likeness (QED) is 0.858. The molecule has 0 saturated carbocycles. The molecule has 0 aliphatic carbocycles. The molecule has 0 amide bonds. The van der Waals surface area contributed by atoms with Crippen molar-refractivity contribution in [3.63, 3.8) is 0 Å². The summed E-state index contributed by atoms with van der Waals surface area (Å²) in [6, 6.07) is 3.20. The topological polar surface area (TPSA) is 12.0 Å². The third-order valence-corrected chi connectivity index (χ3v) is 3.99. The van der Waals surface area contributed by atoms with E-state index in [4.69, 9.17) is 11.6 Å². The van der Waals surface area contributed by atoms with Crippen molar-refractivity contribution in [2.75, 3.05) is 12.3 Å². The van der Waals surface area contributed by atoms with Crippen LogP contribution >= 0.6 is 23.4 Å².